The zero-order valence-corrected chi connectivity index (χ0v) is 15.2. The van der Waals surface area contributed by atoms with Gasteiger partial charge in [-0.2, -0.15) is 0 Å². The predicted octanol–water partition coefficient (Wildman–Crippen LogP) is 2.69. The molecule has 0 aromatic heterocycles. The molecule has 0 bridgehead atoms. The number of methoxy groups -OCH3 is 1. The van der Waals surface area contributed by atoms with Crippen molar-refractivity contribution in [3.63, 3.8) is 0 Å². The number of anilines is 1. The Morgan fingerprint density at radius 1 is 1.19 bits per heavy atom. The third kappa shape index (κ3) is 3.35. The third-order valence-electron chi connectivity index (χ3n) is 5.15. The molecule has 6 heteroatoms. The van der Waals surface area contributed by atoms with E-state index in [-0.39, 0.29) is 30.2 Å². The molecular weight excluding hydrogens is 344 g/mol. The second kappa shape index (κ2) is 7.31. The normalized spacial score (nSPS) is 21.4. The molecule has 0 radical (unpaired) electrons. The van der Waals surface area contributed by atoms with E-state index in [0.29, 0.717) is 24.6 Å². The summed E-state index contributed by atoms with van der Waals surface area (Å²) in [5.41, 5.74) is 1.69. The minimum Gasteiger partial charge on any atom is -0.495 e. The highest BCUT2D eigenvalue weighted by molar-refractivity contribution is 6.01. The molecule has 4 rings (SSSR count). The Bertz CT molecular complexity index is 867. The Hall–Kier alpha value is -3.02. The summed E-state index contributed by atoms with van der Waals surface area (Å²) in [5.74, 6) is 0.907. The highest BCUT2D eigenvalue weighted by Crippen LogP contribution is 2.34. The lowest BCUT2D eigenvalue weighted by Crippen LogP contribution is -2.37. The Morgan fingerprint density at radius 3 is 2.81 bits per heavy atom. The van der Waals surface area contributed by atoms with Crippen molar-refractivity contribution in [1.82, 2.24) is 5.32 Å². The molecule has 27 heavy (non-hydrogen) atoms. The van der Waals surface area contributed by atoms with Crippen LogP contribution in [0.1, 0.15) is 24.4 Å². The fraction of sp³-hybridized carbons (Fsp3) is 0.333. The van der Waals surface area contributed by atoms with Crippen molar-refractivity contribution >= 4 is 17.5 Å². The highest BCUT2D eigenvalue weighted by atomic mass is 16.5. The van der Waals surface area contributed by atoms with Gasteiger partial charge >= 0.3 is 0 Å². The van der Waals surface area contributed by atoms with E-state index in [0.717, 1.165) is 17.7 Å². The number of carbonyl (C=O) groups is 2. The van der Waals surface area contributed by atoms with E-state index >= 15 is 0 Å². The predicted molar refractivity (Wildman–Crippen MR) is 101 cm³/mol. The summed E-state index contributed by atoms with van der Waals surface area (Å²) in [5, 5.41) is 3.11. The van der Waals surface area contributed by atoms with Crippen molar-refractivity contribution in [2.75, 3.05) is 25.2 Å². The van der Waals surface area contributed by atoms with E-state index in [9.17, 15) is 9.59 Å². The average Bonchev–Trinajstić information content (AvgIpc) is 3.10. The third-order valence-corrected chi connectivity index (χ3v) is 5.15. The summed E-state index contributed by atoms with van der Waals surface area (Å²) < 4.78 is 11.0. The minimum absolute atomic E-state index is 0.0629. The summed E-state index contributed by atoms with van der Waals surface area (Å²) in [7, 11) is 1.58. The molecule has 6 nitrogen and oxygen atoms in total. The smallest absolute Gasteiger partial charge is 0.227 e. The number of para-hydroxylation sites is 3. The standard InChI is InChI=1S/C21H22N2O4/c1-26-19-9-5-3-7-17(19)23-13-14(12-20(23)24)21(25)22-16-10-11-27-18-8-4-2-6-15(16)18/h2-9,14,16H,10-13H2,1H3,(H,22,25)/t14-,16+/m0/s1. The van der Waals surface area contributed by atoms with Gasteiger partial charge in [0.1, 0.15) is 11.5 Å². The number of rotatable bonds is 4. The summed E-state index contributed by atoms with van der Waals surface area (Å²) in [6.07, 6.45) is 0.925. The van der Waals surface area contributed by atoms with Crippen LogP contribution in [-0.2, 0) is 9.59 Å². The maximum Gasteiger partial charge on any atom is 0.227 e. The Balaban J connectivity index is 1.47. The summed E-state index contributed by atoms with van der Waals surface area (Å²) in [6.45, 7) is 0.925. The van der Waals surface area contributed by atoms with E-state index in [4.69, 9.17) is 9.47 Å². The first-order valence-corrected chi connectivity index (χ1v) is 9.13. The van der Waals surface area contributed by atoms with Crippen LogP contribution in [0.5, 0.6) is 11.5 Å². The number of carbonyl (C=O) groups excluding carboxylic acids is 2. The fourth-order valence-electron chi connectivity index (χ4n) is 3.75. The summed E-state index contributed by atoms with van der Waals surface area (Å²) in [6, 6.07) is 15.0. The van der Waals surface area contributed by atoms with Crippen molar-refractivity contribution in [3.05, 3.63) is 54.1 Å². The molecule has 1 N–H and O–H groups in total. The summed E-state index contributed by atoms with van der Waals surface area (Å²) >= 11 is 0. The van der Waals surface area contributed by atoms with Crippen LogP contribution in [0, 0.1) is 5.92 Å². The first kappa shape index (κ1) is 17.4. The van der Waals surface area contributed by atoms with Crippen LogP contribution < -0.4 is 19.7 Å². The molecule has 0 saturated carbocycles. The second-order valence-corrected chi connectivity index (χ2v) is 6.81. The lowest BCUT2D eigenvalue weighted by Gasteiger charge is -2.27. The van der Waals surface area contributed by atoms with Crippen LogP contribution in [0.4, 0.5) is 5.69 Å². The molecule has 1 fully saturated rings. The molecule has 2 aliphatic heterocycles. The van der Waals surface area contributed by atoms with Crippen molar-refractivity contribution in [3.8, 4) is 11.5 Å². The fourth-order valence-corrected chi connectivity index (χ4v) is 3.75. The van der Waals surface area contributed by atoms with Gasteiger partial charge in [-0.25, -0.2) is 0 Å². The number of ether oxygens (including phenoxy) is 2. The zero-order valence-electron chi connectivity index (χ0n) is 15.2. The molecule has 2 aromatic rings. The molecule has 0 spiro atoms. The molecular formula is C21H22N2O4. The number of nitrogens with one attached hydrogen (secondary N) is 1. The average molecular weight is 366 g/mol. The van der Waals surface area contributed by atoms with Gasteiger partial charge < -0.3 is 19.7 Å². The molecule has 2 heterocycles. The van der Waals surface area contributed by atoms with Crippen molar-refractivity contribution in [2.24, 2.45) is 5.92 Å². The first-order valence-electron chi connectivity index (χ1n) is 9.13. The molecule has 0 aliphatic carbocycles. The molecule has 2 aromatic carbocycles. The van der Waals surface area contributed by atoms with Gasteiger partial charge in [0.15, 0.2) is 0 Å². The van der Waals surface area contributed by atoms with Crippen LogP contribution >= 0.6 is 0 Å². The van der Waals surface area contributed by atoms with Crippen molar-refractivity contribution < 1.29 is 19.1 Å². The number of fused-ring (bicyclic) bond motifs is 1. The van der Waals surface area contributed by atoms with Gasteiger partial charge in [0.2, 0.25) is 11.8 Å². The molecule has 0 unspecified atom stereocenters. The van der Waals surface area contributed by atoms with Crippen molar-refractivity contribution in [1.29, 1.82) is 0 Å². The van der Waals surface area contributed by atoms with E-state index in [1.54, 1.807) is 12.0 Å². The monoisotopic (exact) mass is 366 g/mol. The van der Waals surface area contributed by atoms with Crippen LogP contribution in [0.2, 0.25) is 0 Å². The van der Waals surface area contributed by atoms with Gasteiger partial charge in [-0.3, -0.25) is 9.59 Å². The molecule has 2 aliphatic rings. The quantitative estimate of drug-likeness (QED) is 0.903. The van der Waals surface area contributed by atoms with Gasteiger partial charge in [0.25, 0.3) is 0 Å². The van der Waals surface area contributed by atoms with Gasteiger partial charge in [-0.1, -0.05) is 30.3 Å². The number of hydrogen-bond donors (Lipinski definition) is 1. The number of amides is 2. The van der Waals surface area contributed by atoms with E-state index in [2.05, 4.69) is 5.32 Å². The Morgan fingerprint density at radius 2 is 1.96 bits per heavy atom. The lowest BCUT2D eigenvalue weighted by molar-refractivity contribution is -0.127. The van der Waals surface area contributed by atoms with Crippen molar-refractivity contribution in [2.45, 2.75) is 18.9 Å². The molecule has 1 saturated heterocycles. The SMILES string of the molecule is COc1ccccc1N1C[C@@H](C(=O)N[C@@H]2CCOc3ccccc32)CC1=O. The Kier molecular flexibility index (Phi) is 4.71. The minimum atomic E-state index is -0.377. The second-order valence-electron chi connectivity index (χ2n) is 6.81. The largest absolute Gasteiger partial charge is 0.495 e. The topological polar surface area (TPSA) is 67.9 Å². The van der Waals surface area contributed by atoms with E-state index in [1.165, 1.54) is 0 Å². The van der Waals surface area contributed by atoms with E-state index < -0.39 is 0 Å². The van der Waals surface area contributed by atoms with Gasteiger partial charge in [-0.05, 0) is 18.2 Å². The number of hydrogen-bond acceptors (Lipinski definition) is 4. The number of benzene rings is 2. The van der Waals surface area contributed by atoms with Gasteiger partial charge in [0, 0.05) is 24.9 Å². The van der Waals surface area contributed by atoms with Crippen LogP contribution in [-0.4, -0.2) is 32.1 Å². The molecule has 140 valence electrons. The molecule has 2 amide bonds. The lowest BCUT2D eigenvalue weighted by atomic mass is 9.99. The highest BCUT2D eigenvalue weighted by Gasteiger charge is 2.37. The summed E-state index contributed by atoms with van der Waals surface area (Å²) in [4.78, 5) is 27.0. The maximum atomic E-state index is 12.8. The number of nitrogens with zero attached hydrogens (tertiary/aromatic N) is 1. The van der Waals surface area contributed by atoms with Gasteiger partial charge in [-0.15, -0.1) is 0 Å². The first-order chi connectivity index (χ1) is 13.2. The van der Waals surface area contributed by atoms with Crippen LogP contribution in [0.3, 0.4) is 0 Å². The maximum absolute atomic E-state index is 12.8. The molecule has 2 atom stereocenters. The van der Waals surface area contributed by atoms with Crippen LogP contribution in [0.25, 0.3) is 0 Å². The van der Waals surface area contributed by atoms with Crippen LogP contribution in [0.15, 0.2) is 48.5 Å². The zero-order chi connectivity index (χ0) is 18.8. The van der Waals surface area contributed by atoms with Gasteiger partial charge in [0.05, 0.1) is 31.4 Å². The Labute approximate surface area is 158 Å². The van der Waals surface area contributed by atoms with E-state index in [1.807, 2.05) is 48.5 Å².